The van der Waals surface area contributed by atoms with Crippen LogP contribution in [0.5, 0.6) is 0 Å². The molecule has 0 saturated carbocycles. The second kappa shape index (κ2) is 8.35. The Bertz CT molecular complexity index is 941. The zero-order chi connectivity index (χ0) is 20.1. The maximum absolute atomic E-state index is 12.2. The van der Waals surface area contributed by atoms with E-state index in [1.807, 2.05) is 29.0 Å². The molecule has 0 spiro atoms. The number of nitrogens with one attached hydrogen (secondary N) is 2. The highest BCUT2D eigenvalue weighted by Gasteiger charge is 2.15. The highest BCUT2D eigenvalue weighted by molar-refractivity contribution is 7.08. The third-order valence-corrected chi connectivity index (χ3v) is 4.83. The van der Waals surface area contributed by atoms with E-state index in [-0.39, 0.29) is 23.7 Å². The Balaban J connectivity index is 1.46. The van der Waals surface area contributed by atoms with Crippen molar-refractivity contribution >= 4 is 23.2 Å². The van der Waals surface area contributed by atoms with E-state index in [4.69, 9.17) is 4.52 Å². The molecule has 3 aromatic rings. The predicted octanol–water partition coefficient (Wildman–Crippen LogP) is 3.49. The van der Waals surface area contributed by atoms with Gasteiger partial charge in [0, 0.05) is 29.3 Å². The fourth-order valence-corrected chi connectivity index (χ4v) is 3.10. The highest BCUT2D eigenvalue weighted by Crippen LogP contribution is 2.22. The molecular formula is C20H22N4O3S. The van der Waals surface area contributed by atoms with Gasteiger partial charge in [0.1, 0.15) is 0 Å². The minimum Gasteiger partial charge on any atom is -0.339 e. The molecule has 146 valence electrons. The van der Waals surface area contributed by atoms with Gasteiger partial charge in [-0.05, 0) is 34.6 Å². The van der Waals surface area contributed by atoms with Crippen LogP contribution in [0.15, 0.2) is 45.6 Å². The van der Waals surface area contributed by atoms with E-state index in [0.29, 0.717) is 23.7 Å². The maximum atomic E-state index is 12.2. The molecule has 2 amide bonds. The molecule has 28 heavy (non-hydrogen) atoms. The number of hydrazine groups is 1. The molecule has 0 unspecified atom stereocenters. The van der Waals surface area contributed by atoms with Crippen LogP contribution < -0.4 is 10.9 Å². The van der Waals surface area contributed by atoms with Crippen molar-refractivity contribution in [1.82, 2.24) is 21.0 Å². The van der Waals surface area contributed by atoms with Crippen molar-refractivity contribution < 1.29 is 14.1 Å². The summed E-state index contributed by atoms with van der Waals surface area (Å²) in [6.07, 6.45) is 0.410. The van der Waals surface area contributed by atoms with Gasteiger partial charge in [-0.15, -0.1) is 0 Å². The smallest absolute Gasteiger partial charge is 0.269 e. The molecule has 2 heterocycles. The first-order valence-corrected chi connectivity index (χ1v) is 9.82. The number of amides is 2. The van der Waals surface area contributed by atoms with Gasteiger partial charge in [0.2, 0.25) is 17.6 Å². The molecule has 0 saturated heterocycles. The van der Waals surface area contributed by atoms with E-state index in [1.54, 1.807) is 23.5 Å². The molecule has 0 aliphatic rings. The van der Waals surface area contributed by atoms with Crippen molar-refractivity contribution in [1.29, 1.82) is 0 Å². The average molecular weight is 398 g/mol. The number of carbonyl (C=O) groups is 2. The van der Waals surface area contributed by atoms with Crippen molar-refractivity contribution in [2.45, 2.75) is 39.0 Å². The Morgan fingerprint density at radius 1 is 1.11 bits per heavy atom. The average Bonchev–Trinajstić information content (AvgIpc) is 3.35. The molecular weight excluding hydrogens is 376 g/mol. The predicted molar refractivity (Wildman–Crippen MR) is 107 cm³/mol. The minimum atomic E-state index is -0.369. The Morgan fingerprint density at radius 2 is 1.86 bits per heavy atom. The first kappa shape index (κ1) is 19.8. The van der Waals surface area contributed by atoms with Gasteiger partial charge in [0.05, 0.1) is 0 Å². The Labute approximate surface area is 167 Å². The van der Waals surface area contributed by atoms with Crippen LogP contribution in [0.25, 0.3) is 11.4 Å². The van der Waals surface area contributed by atoms with Crippen molar-refractivity contribution in [3.63, 3.8) is 0 Å². The fourth-order valence-electron chi connectivity index (χ4n) is 2.47. The number of carbonyl (C=O) groups excluding carboxylic acids is 2. The van der Waals surface area contributed by atoms with Gasteiger partial charge in [-0.1, -0.05) is 38.1 Å². The van der Waals surface area contributed by atoms with Crippen LogP contribution in [0.4, 0.5) is 0 Å². The topological polar surface area (TPSA) is 97.1 Å². The van der Waals surface area contributed by atoms with Crippen molar-refractivity contribution in [3.8, 4) is 11.4 Å². The fraction of sp³-hybridized carbons (Fsp3) is 0.300. The van der Waals surface area contributed by atoms with Crippen LogP contribution in [-0.2, 0) is 16.6 Å². The first-order valence-electron chi connectivity index (χ1n) is 8.88. The Kier molecular flexibility index (Phi) is 5.89. The van der Waals surface area contributed by atoms with E-state index in [0.717, 1.165) is 11.1 Å². The third kappa shape index (κ3) is 5.04. The van der Waals surface area contributed by atoms with E-state index in [1.165, 1.54) is 0 Å². The van der Waals surface area contributed by atoms with Crippen LogP contribution in [0.3, 0.4) is 0 Å². The van der Waals surface area contributed by atoms with Crippen LogP contribution in [0.1, 0.15) is 49.0 Å². The SMILES string of the molecule is CC(C)(C)c1ccc(C(=O)NNC(=O)CCc2nc(-c3ccsc3)no2)cc1. The van der Waals surface area contributed by atoms with E-state index in [2.05, 4.69) is 41.8 Å². The summed E-state index contributed by atoms with van der Waals surface area (Å²) in [6.45, 7) is 6.32. The second-order valence-corrected chi connectivity index (χ2v) is 8.13. The van der Waals surface area contributed by atoms with Gasteiger partial charge in [0.15, 0.2) is 0 Å². The summed E-state index contributed by atoms with van der Waals surface area (Å²) in [7, 11) is 0. The number of benzene rings is 1. The Hall–Kier alpha value is -3.00. The summed E-state index contributed by atoms with van der Waals surface area (Å²) >= 11 is 1.55. The largest absolute Gasteiger partial charge is 0.339 e. The number of aryl methyl sites for hydroxylation is 1. The summed E-state index contributed by atoms with van der Waals surface area (Å²) in [5.41, 5.74) is 7.33. The molecule has 8 heteroatoms. The van der Waals surface area contributed by atoms with Gasteiger partial charge >= 0.3 is 0 Å². The number of hydrogen-bond donors (Lipinski definition) is 2. The normalized spacial score (nSPS) is 11.2. The molecule has 0 radical (unpaired) electrons. The molecule has 0 atom stereocenters. The Morgan fingerprint density at radius 3 is 2.50 bits per heavy atom. The molecule has 0 bridgehead atoms. The highest BCUT2D eigenvalue weighted by atomic mass is 32.1. The standard InChI is InChI=1S/C20H22N4O3S/c1-20(2,3)15-6-4-13(5-7-15)19(26)23-22-16(25)8-9-17-21-18(24-27-17)14-10-11-28-12-14/h4-7,10-12H,8-9H2,1-3H3,(H,22,25)(H,23,26). The molecule has 1 aromatic carbocycles. The molecule has 2 N–H and O–H groups in total. The molecule has 0 aliphatic heterocycles. The number of hydrogen-bond acceptors (Lipinski definition) is 6. The summed E-state index contributed by atoms with van der Waals surface area (Å²) < 4.78 is 5.15. The number of nitrogens with zero attached hydrogens (tertiary/aromatic N) is 2. The summed E-state index contributed by atoms with van der Waals surface area (Å²) in [5.74, 6) is 0.172. The molecule has 7 nitrogen and oxygen atoms in total. The van der Waals surface area contributed by atoms with Crippen LogP contribution in [0, 0.1) is 0 Å². The summed E-state index contributed by atoms with van der Waals surface area (Å²) in [6, 6.07) is 9.21. The van der Waals surface area contributed by atoms with Gasteiger partial charge in [-0.3, -0.25) is 20.4 Å². The lowest BCUT2D eigenvalue weighted by Gasteiger charge is -2.19. The van der Waals surface area contributed by atoms with Gasteiger partial charge in [-0.25, -0.2) is 0 Å². The molecule has 0 fully saturated rings. The van der Waals surface area contributed by atoms with E-state index >= 15 is 0 Å². The lowest BCUT2D eigenvalue weighted by atomic mass is 9.87. The van der Waals surface area contributed by atoms with Gasteiger partial charge in [-0.2, -0.15) is 16.3 Å². The lowest BCUT2D eigenvalue weighted by molar-refractivity contribution is -0.121. The van der Waals surface area contributed by atoms with Crippen molar-refractivity contribution in [2.75, 3.05) is 0 Å². The van der Waals surface area contributed by atoms with Crippen LogP contribution in [-0.4, -0.2) is 22.0 Å². The first-order chi connectivity index (χ1) is 13.3. The van der Waals surface area contributed by atoms with Gasteiger partial charge < -0.3 is 4.52 Å². The third-order valence-electron chi connectivity index (χ3n) is 4.14. The van der Waals surface area contributed by atoms with E-state index < -0.39 is 0 Å². The molecule has 3 rings (SSSR count). The van der Waals surface area contributed by atoms with E-state index in [9.17, 15) is 9.59 Å². The monoisotopic (exact) mass is 398 g/mol. The van der Waals surface area contributed by atoms with Crippen molar-refractivity contribution in [2.24, 2.45) is 0 Å². The minimum absolute atomic E-state index is 0.0151. The molecule has 0 aliphatic carbocycles. The second-order valence-electron chi connectivity index (χ2n) is 7.35. The number of aromatic nitrogens is 2. The number of rotatable bonds is 5. The van der Waals surface area contributed by atoms with Gasteiger partial charge in [0.25, 0.3) is 5.91 Å². The maximum Gasteiger partial charge on any atom is 0.269 e. The number of thiophene rings is 1. The zero-order valence-corrected chi connectivity index (χ0v) is 16.8. The van der Waals surface area contributed by atoms with Crippen molar-refractivity contribution in [3.05, 3.63) is 58.1 Å². The lowest BCUT2D eigenvalue weighted by Crippen LogP contribution is -2.41. The summed E-state index contributed by atoms with van der Waals surface area (Å²) in [4.78, 5) is 28.4. The quantitative estimate of drug-likeness (QED) is 0.641. The molecule has 2 aromatic heterocycles. The zero-order valence-electron chi connectivity index (χ0n) is 16.0. The van der Waals surface area contributed by atoms with Crippen LogP contribution >= 0.6 is 11.3 Å². The van der Waals surface area contributed by atoms with Crippen LogP contribution in [0.2, 0.25) is 0 Å². The summed E-state index contributed by atoms with van der Waals surface area (Å²) in [5, 5.41) is 7.74.